The van der Waals surface area contributed by atoms with Gasteiger partial charge in [0.1, 0.15) is 5.82 Å². The van der Waals surface area contributed by atoms with Crippen molar-refractivity contribution in [2.24, 2.45) is 0 Å². The third-order valence-corrected chi connectivity index (χ3v) is 6.87. The highest BCUT2D eigenvalue weighted by molar-refractivity contribution is 5.68. The molecule has 2 aliphatic heterocycles. The Balaban J connectivity index is 1.57. The average Bonchev–Trinajstić information content (AvgIpc) is 3.22. The molecule has 192 valence electrons. The lowest BCUT2D eigenvalue weighted by Crippen LogP contribution is -2.44. The number of benzene rings is 1. The maximum absolute atomic E-state index is 13.8. The van der Waals surface area contributed by atoms with E-state index in [0.717, 1.165) is 47.8 Å². The van der Waals surface area contributed by atoms with Gasteiger partial charge in [-0.1, -0.05) is 0 Å². The van der Waals surface area contributed by atoms with Crippen LogP contribution in [-0.2, 0) is 17.6 Å². The van der Waals surface area contributed by atoms with E-state index in [1.807, 2.05) is 4.68 Å². The second-order valence-corrected chi connectivity index (χ2v) is 8.90. The van der Waals surface area contributed by atoms with Crippen LogP contribution in [0.1, 0.15) is 49.6 Å². The van der Waals surface area contributed by atoms with Crippen molar-refractivity contribution in [2.75, 3.05) is 37.7 Å². The third-order valence-electron chi connectivity index (χ3n) is 6.87. The molecule has 1 amide bonds. The van der Waals surface area contributed by atoms with Gasteiger partial charge in [-0.15, -0.1) is 0 Å². The number of alkyl halides is 3. The number of aliphatic hydroxyl groups excluding tert-OH is 1. The van der Waals surface area contributed by atoms with E-state index in [1.54, 1.807) is 12.1 Å². The minimum absolute atomic E-state index is 0.00732. The summed E-state index contributed by atoms with van der Waals surface area (Å²) in [6.45, 7) is 4.83. The van der Waals surface area contributed by atoms with Gasteiger partial charge in [-0.25, -0.2) is 13.9 Å². The van der Waals surface area contributed by atoms with Gasteiger partial charge in [0.05, 0.1) is 29.4 Å². The lowest BCUT2D eigenvalue weighted by Gasteiger charge is -2.33. The van der Waals surface area contributed by atoms with Crippen molar-refractivity contribution in [2.45, 2.75) is 57.7 Å². The molecule has 2 aliphatic rings. The van der Waals surface area contributed by atoms with Crippen molar-refractivity contribution in [3.05, 3.63) is 41.0 Å². The number of piperidine rings is 1. The number of fused-ring (bicyclic) bond motifs is 3. The van der Waals surface area contributed by atoms with Gasteiger partial charge in [0.25, 0.3) is 0 Å². The molecule has 11 heteroatoms. The summed E-state index contributed by atoms with van der Waals surface area (Å²) in [4.78, 5) is 15.8. The van der Waals surface area contributed by atoms with Crippen LogP contribution in [-0.4, -0.2) is 70.9 Å². The number of carbonyl (C=O) groups excluding carboxylic acids is 1. The smallest absolute Gasteiger partial charge is 0.427 e. The standard InChI is InChI=1S/C24H30F4N4O3/c1-3-30(4-2)22-19-7-5-16-13-17(25)6-8-18(16)32(19)29-21(22)15-9-11-31(12-10-15)23(34)35-20(14-33)24(26,27)28/h6,8,13,15,20,33H,3-5,7,9-12,14H2,1-2H3. The molecule has 1 aromatic heterocycles. The second kappa shape index (κ2) is 10.0. The number of rotatable bonds is 6. The number of amides is 1. The van der Waals surface area contributed by atoms with Crippen molar-refractivity contribution in [3.8, 4) is 5.69 Å². The number of hydrogen-bond donors (Lipinski definition) is 1. The van der Waals surface area contributed by atoms with Crippen molar-refractivity contribution >= 4 is 11.8 Å². The maximum atomic E-state index is 13.8. The van der Waals surface area contributed by atoms with Gasteiger partial charge in [0, 0.05) is 32.1 Å². The summed E-state index contributed by atoms with van der Waals surface area (Å²) >= 11 is 0. The van der Waals surface area contributed by atoms with E-state index in [9.17, 15) is 22.4 Å². The molecule has 2 aromatic rings. The quantitative estimate of drug-likeness (QED) is 0.605. The Morgan fingerprint density at radius 3 is 2.51 bits per heavy atom. The summed E-state index contributed by atoms with van der Waals surface area (Å²) in [6, 6.07) is 4.71. The molecule has 0 saturated carbocycles. The molecule has 1 aromatic carbocycles. The fraction of sp³-hybridized carbons (Fsp3) is 0.583. The molecule has 1 saturated heterocycles. The third kappa shape index (κ3) is 4.96. The van der Waals surface area contributed by atoms with E-state index in [2.05, 4.69) is 23.5 Å². The summed E-state index contributed by atoms with van der Waals surface area (Å²) in [6.07, 6.45) is -5.97. The minimum atomic E-state index is -4.82. The van der Waals surface area contributed by atoms with Gasteiger partial charge in [-0.3, -0.25) is 0 Å². The average molecular weight is 499 g/mol. The number of halogens is 4. The summed E-state index contributed by atoms with van der Waals surface area (Å²) in [5.74, 6) is -0.273. The largest absolute Gasteiger partial charge is 0.434 e. The van der Waals surface area contributed by atoms with Crippen LogP contribution in [0.4, 0.5) is 28.0 Å². The molecule has 0 aliphatic carbocycles. The zero-order valence-corrected chi connectivity index (χ0v) is 19.8. The van der Waals surface area contributed by atoms with E-state index in [1.165, 1.54) is 11.0 Å². The van der Waals surface area contributed by atoms with E-state index in [4.69, 9.17) is 10.2 Å². The van der Waals surface area contributed by atoms with E-state index in [0.29, 0.717) is 19.3 Å². The fourth-order valence-electron chi connectivity index (χ4n) is 5.00. The van der Waals surface area contributed by atoms with Gasteiger partial charge in [-0.05, 0) is 63.3 Å². The molecule has 4 rings (SSSR count). The summed E-state index contributed by atoms with van der Waals surface area (Å²) in [5, 5.41) is 13.9. The van der Waals surface area contributed by atoms with E-state index >= 15 is 0 Å². The van der Waals surface area contributed by atoms with Crippen LogP contribution in [0.25, 0.3) is 5.69 Å². The predicted octanol–water partition coefficient (Wildman–Crippen LogP) is 4.20. The number of carbonyl (C=O) groups is 1. The number of nitrogens with zero attached hydrogens (tertiary/aromatic N) is 4. The van der Waals surface area contributed by atoms with Crippen LogP contribution in [0, 0.1) is 5.82 Å². The molecule has 3 heterocycles. The minimum Gasteiger partial charge on any atom is -0.434 e. The molecule has 0 radical (unpaired) electrons. The zero-order valence-electron chi connectivity index (χ0n) is 19.8. The van der Waals surface area contributed by atoms with Gasteiger partial charge < -0.3 is 19.6 Å². The fourth-order valence-corrected chi connectivity index (χ4v) is 5.00. The first-order valence-corrected chi connectivity index (χ1v) is 12.0. The van der Waals surface area contributed by atoms with Gasteiger partial charge in [0.2, 0.25) is 6.10 Å². The van der Waals surface area contributed by atoms with Crippen LogP contribution in [0.2, 0.25) is 0 Å². The van der Waals surface area contributed by atoms with Gasteiger partial charge in [-0.2, -0.15) is 18.3 Å². The first kappa shape index (κ1) is 25.3. The van der Waals surface area contributed by atoms with E-state index in [-0.39, 0.29) is 24.8 Å². The molecule has 0 spiro atoms. The van der Waals surface area contributed by atoms with Crippen LogP contribution < -0.4 is 4.90 Å². The highest BCUT2D eigenvalue weighted by Crippen LogP contribution is 2.40. The highest BCUT2D eigenvalue weighted by atomic mass is 19.4. The van der Waals surface area contributed by atoms with Gasteiger partial charge in [0.15, 0.2) is 0 Å². The number of hydrogen-bond acceptors (Lipinski definition) is 5. The molecule has 1 atom stereocenters. The SMILES string of the molecule is CCN(CC)c1c(C2CCN(C(=O)OC(CO)C(F)(F)F)CC2)nn2c1CCc1cc(F)ccc1-2. The normalized spacial score (nSPS) is 17.1. The Bertz CT molecular complexity index is 1060. The Labute approximate surface area is 201 Å². The summed E-state index contributed by atoms with van der Waals surface area (Å²) in [5.41, 5.74) is 4.79. The first-order chi connectivity index (χ1) is 16.7. The lowest BCUT2D eigenvalue weighted by molar-refractivity contribution is -0.214. The van der Waals surface area contributed by atoms with Crippen molar-refractivity contribution < 1.29 is 32.2 Å². The second-order valence-electron chi connectivity index (χ2n) is 8.90. The van der Waals surface area contributed by atoms with Crippen LogP contribution in [0.15, 0.2) is 18.2 Å². The Kier molecular flexibility index (Phi) is 7.25. The maximum Gasteiger partial charge on any atom is 0.427 e. The number of aromatic nitrogens is 2. The first-order valence-electron chi connectivity index (χ1n) is 12.0. The van der Waals surface area contributed by atoms with Gasteiger partial charge >= 0.3 is 12.3 Å². The molecule has 1 fully saturated rings. The van der Waals surface area contributed by atoms with Crippen molar-refractivity contribution in [3.63, 3.8) is 0 Å². The molecule has 1 N–H and O–H groups in total. The van der Waals surface area contributed by atoms with E-state index < -0.39 is 25.0 Å². The number of aliphatic hydroxyl groups is 1. The number of anilines is 1. The summed E-state index contributed by atoms with van der Waals surface area (Å²) in [7, 11) is 0. The van der Waals surface area contributed by atoms with Crippen LogP contribution >= 0.6 is 0 Å². The zero-order chi connectivity index (χ0) is 25.3. The molecule has 7 nitrogen and oxygen atoms in total. The number of ether oxygens (including phenoxy) is 1. The number of likely N-dealkylation sites (tertiary alicyclic amines) is 1. The van der Waals surface area contributed by atoms with Crippen LogP contribution in [0.3, 0.4) is 0 Å². The summed E-state index contributed by atoms with van der Waals surface area (Å²) < 4.78 is 58.8. The topological polar surface area (TPSA) is 70.8 Å². The molecular formula is C24H30F4N4O3. The Hall–Kier alpha value is -2.82. The van der Waals surface area contributed by atoms with Crippen molar-refractivity contribution in [1.82, 2.24) is 14.7 Å². The highest BCUT2D eigenvalue weighted by Gasteiger charge is 2.43. The lowest BCUT2D eigenvalue weighted by atomic mass is 9.91. The molecule has 35 heavy (non-hydrogen) atoms. The number of aryl methyl sites for hydroxylation is 1. The molecule has 1 unspecified atom stereocenters. The monoisotopic (exact) mass is 498 g/mol. The van der Waals surface area contributed by atoms with Crippen LogP contribution in [0.5, 0.6) is 0 Å². The molecular weight excluding hydrogens is 468 g/mol. The molecule has 0 bridgehead atoms. The Morgan fingerprint density at radius 2 is 1.91 bits per heavy atom. The predicted molar refractivity (Wildman–Crippen MR) is 121 cm³/mol. The van der Waals surface area contributed by atoms with Crippen molar-refractivity contribution in [1.29, 1.82) is 0 Å². The Morgan fingerprint density at radius 1 is 1.23 bits per heavy atom.